The largest absolute Gasteiger partial charge is 0.325 e. The lowest BCUT2D eigenvalue weighted by atomic mass is 10.1. The minimum absolute atomic E-state index is 0.0795. The Morgan fingerprint density at radius 3 is 2.82 bits per heavy atom. The lowest BCUT2D eigenvalue weighted by Gasteiger charge is -2.06. The summed E-state index contributed by atoms with van der Waals surface area (Å²) in [7, 11) is 0. The summed E-state index contributed by atoms with van der Waals surface area (Å²) >= 11 is 2.85. The van der Waals surface area contributed by atoms with Gasteiger partial charge >= 0.3 is 0 Å². The van der Waals surface area contributed by atoms with Gasteiger partial charge in [0.2, 0.25) is 10.9 Å². The fourth-order valence-corrected chi connectivity index (χ4v) is 4.40. The Balaban J connectivity index is 1.37. The topological polar surface area (TPSA) is 76.4 Å². The molecule has 0 aliphatic heterocycles. The summed E-state index contributed by atoms with van der Waals surface area (Å²) in [5.41, 5.74) is 1.26. The van der Waals surface area contributed by atoms with E-state index in [1.54, 1.807) is 0 Å². The van der Waals surface area contributed by atoms with E-state index >= 15 is 0 Å². The van der Waals surface area contributed by atoms with Crippen molar-refractivity contribution in [2.75, 3.05) is 11.1 Å². The molecule has 0 aliphatic carbocycles. The average molecular weight is 411 g/mol. The van der Waals surface area contributed by atoms with Gasteiger partial charge in [-0.05, 0) is 29.3 Å². The summed E-state index contributed by atoms with van der Waals surface area (Å²) in [6.45, 7) is 1.99. The SMILES string of the molecule is CCc1nn2c(=O)cc(CSCC(=O)Nc3ccc4ccccc4c3)nc2s1. The van der Waals surface area contributed by atoms with Crippen LogP contribution in [0.25, 0.3) is 15.7 Å². The van der Waals surface area contributed by atoms with Crippen LogP contribution in [0.5, 0.6) is 0 Å². The molecule has 0 radical (unpaired) electrons. The first-order chi connectivity index (χ1) is 13.6. The molecule has 0 atom stereocenters. The summed E-state index contributed by atoms with van der Waals surface area (Å²) in [6, 6.07) is 15.4. The van der Waals surface area contributed by atoms with Gasteiger partial charge in [-0.2, -0.15) is 9.61 Å². The molecule has 8 heteroatoms. The number of thioether (sulfide) groups is 1. The van der Waals surface area contributed by atoms with Crippen molar-refractivity contribution in [3.8, 4) is 0 Å². The number of anilines is 1. The van der Waals surface area contributed by atoms with Gasteiger partial charge in [0, 0.05) is 17.5 Å². The van der Waals surface area contributed by atoms with Crippen LogP contribution in [0.4, 0.5) is 5.69 Å². The van der Waals surface area contributed by atoms with Crippen LogP contribution in [-0.4, -0.2) is 26.3 Å². The minimum atomic E-state index is -0.183. The summed E-state index contributed by atoms with van der Waals surface area (Å²) in [5, 5.41) is 10.3. The number of benzene rings is 2. The zero-order valence-corrected chi connectivity index (χ0v) is 16.8. The fraction of sp³-hybridized carbons (Fsp3) is 0.200. The zero-order chi connectivity index (χ0) is 19.5. The van der Waals surface area contributed by atoms with Gasteiger partial charge in [0.05, 0.1) is 11.4 Å². The second kappa shape index (κ2) is 8.12. The van der Waals surface area contributed by atoms with E-state index in [4.69, 9.17) is 0 Å². The standard InChI is InChI=1S/C20H18N4O2S2/c1-2-18-23-24-19(26)10-16(22-20(24)28-18)11-27-12-17(25)21-15-8-7-13-5-3-4-6-14(13)9-15/h3-10H,2,11-12H2,1H3,(H,21,25). The van der Waals surface area contributed by atoms with Crippen molar-refractivity contribution in [3.63, 3.8) is 0 Å². The van der Waals surface area contributed by atoms with Gasteiger partial charge in [0.25, 0.3) is 5.56 Å². The van der Waals surface area contributed by atoms with Crippen molar-refractivity contribution in [2.24, 2.45) is 0 Å². The smallest absolute Gasteiger partial charge is 0.275 e. The molecule has 0 aliphatic rings. The number of aryl methyl sites for hydroxylation is 1. The highest BCUT2D eigenvalue weighted by Crippen LogP contribution is 2.19. The number of rotatable bonds is 6. The molecule has 2 aromatic heterocycles. The fourth-order valence-electron chi connectivity index (χ4n) is 2.83. The molecule has 0 saturated heterocycles. The molecule has 0 spiro atoms. The van der Waals surface area contributed by atoms with E-state index in [-0.39, 0.29) is 17.2 Å². The van der Waals surface area contributed by atoms with Crippen LogP contribution in [0, 0.1) is 0 Å². The van der Waals surface area contributed by atoms with Crippen LogP contribution in [0.15, 0.2) is 53.3 Å². The summed E-state index contributed by atoms with van der Waals surface area (Å²) < 4.78 is 1.34. The lowest BCUT2D eigenvalue weighted by molar-refractivity contribution is -0.113. The van der Waals surface area contributed by atoms with Crippen molar-refractivity contribution >= 4 is 50.4 Å². The van der Waals surface area contributed by atoms with Crippen LogP contribution >= 0.6 is 23.1 Å². The normalized spacial score (nSPS) is 11.2. The van der Waals surface area contributed by atoms with E-state index < -0.39 is 0 Å². The molecule has 2 aromatic carbocycles. The molecular weight excluding hydrogens is 392 g/mol. The highest BCUT2D eigenvalue weighted by Gasteiger charge is 2.09. The van der Waals surface area contributed by atoms with Crippen LogP contribution < -0.4 is 10.9 Å². The molecule has 2 heterocycles. The van der Waals surface area contributed by atoms with E-state index in [1.165, 1.54) is 33.7 Å². The molecule has 0 fully saturated rings. The molecule has 1 N–H and O–H groups in total. The number of nitrogens with zero attached hydrogens (tertiary/aromatic N) is 3. The van der Waals surface area contributed by atoms with Gasteiger partial charge in [-0.25, -0.2) is 4.98 Å². The minimum Gasteiger partial charge on any atom is -0.325 e. The van der Waals surface area contributed by atoms with Crippen LogP contribution in [0.3, 0.4) is 0 Å². The Labute approximate surface area is 169 Å². The Morgan fingerprint density at radius 1 is 1.18 bits per heavy atom. The highest BCUT2D eigenvalue weighted by atomic mass is 32.2. The predicted molar refractivity (Wildman–Crippen MR) is 115 cm³/mol. The van der Waals surface area contributed by atoms with Gasteiger partial charge in [-0.15, -0.1) is 11.8 Å². The third-order valence-electron chi connectivity index (χ3n) is 4.16. The first kappa shape index (κ1) is 18.6. The summed E-state index contributed by atoms with van der Waals surface area (Å²) in [5.74, 6) is 0.705. The number of nitrogens with one attached hydrogen (secondary N) is 1. The molecular formula is C20H18N4O2S2. The quantitative estimate of drug-likeness (QED) is 0.524. The molecule has 4 rings (SSSR count). The Morgan fingerprint density at radius 2 is 2.00 bits per heavy atom. The van der Waals surface area contributed by atoms with E-state index in [0.717, 1.165) is 27.9 Å². The van der Waals surface area contributed by atoms with Crippen LogP contribution in [0.2, 0.25) is 0 Å². The second-order valence-electron chi connectivity index (χ2n) is 6.23. The predicted octanol–water partition coefficient (Wildman–Crippen LogP) is 3.74. The number of hydrogen-bond donors (Lipinski definition) is 1. The van der Waals surface area contributed by atoms with E-state index in [9.17, 15) is 9.59 Å². The third-order valence-corrected chi connectivity index (χ3v) is 6.18. The summed E-state index contributed by atoms with van der Waals surface area (Å²) in [4.78, 5) is 29.5. The van der Waals surface area contributed by atoms with Crippen LogP contribution in [0.1, 0.15) is 17.6 Å². The number of amides is 1. The van der Waals surface area contributed by atoms with E-state index in [2.05, 4.69) is 15.4 Å². The second-order valence-corrected chi connectivity index (χ2v) is 8.26. The Hall–Kier alpha value is -2.71. The number of fused-ring (bicyclic) bond motifs is 2. The first-order valence-corrected chi connectivity index (χ1v) is 10.8. The molecule has 28 heavy (non-hydrogen) atoms. The Bertz CT molecular complexity index is 1220. The molecule has 0 saturated carbocycles. The number of hydrogen-bond acceptors (Lipinski definition) is 6. The molecule has 142 valence electrons. The lowest BCUT2D eigenvalue weighted by Crippen LogP contribution is -2.16. The van der Waals surface area contributed by atoms with Crippen molar-refractivity contribution in [1.82, 2.24) is 14.6 Å². The number of carbonyl (C=O) groups is 1. The highest BCUT2D eigenvalue weighted by molar-refractivity contribution is 7.99. The van der Waals surface area contributed by atoms with E-state index in [1.807, 2.05) is 49.4 Å². The number of carbonyl (C=O) groups excluding carboxylic acids is 1. The average Bonchev–Trinajstić information content (AvgIpc) is 3.12. The zero-order valence-electron chi connectivity index (χ0n) is 15.2. The maximum absolute atomic E-state index is 12.2. The molecule has 0 unspecified atom stereocenters. The van der Waals surface area contributed by atoms with Crippen molar-refractivity contribution < 1.29 is 4.79 Å². The molecule has 0 bridgehead atoms. The Kier molecular flexibility index (Phi) is 5.40. The van der Waals surface area contributed by atoms with Gasteiger partial charge < -0.3 is 5.32 Å². The van der Waals surface area contributed by atoms with E-state index in [0.29, 0.717) is 16.4 Å². The van der Waals surface area contributed by atoms with Gasteiger partial charge in [-0.3, -0.25) is 9.59 Å². The van der Waals surface area contributed by atoms with Gasteiger partial charge in [0.15, 0.2) is 0 Å². The van der Waals surface area contributed by atoms with Crippen LogP contribution in [-0.2, 0) is 17.0 Å². The maximum atomic E-state index is 12.2. The van der Waals surface area contributed by atoms with Gasteiger partial charge in [-0.1, -0.05) is 48.6 Å². The maximum Gasteiger partial charge on any atom is 0.275 e. The summed E-state index contributed by atoms with van der Waals surface area (Å²) in [6.07, 6.45) is 0.770. The van der Waals surface area contributed by atoms with Crippen molar-refractivity contribution in [3.05, 3.63) is 69.6 Å². The van der Waals surface area contributed by atoms with Crippen molar-refractivity contribution in [1.29, 1.82) is 0 Å². The van der Waals surface area contributed by atoms with Gasteiger partial charge in [0.1, 0.15) is 5.01 Å². The molecule has 6 nitrogen and oxygen atoms in total. The molecule has 4 aromatic rings. The monoisotopic (exact) mass is 410 g/mol. The van der Waals surface area contributed by atoms with Crippen molar-refractivity contribution in [2.45, 2.75) is 19.1 Å². The third kappa shape index (κ3) is 4.07. The number of aromatic nitrogens is 3. The first-order valence-electron chi connectivity index (χ1n) is 8.87. The molecule has 1 amide bonds.